The average molecular weight is 122 g/mol. The lowest BCUT2D eigenvalue weighted by Gasteiger charge is -2.08. The van der Waals surface area contributed by atoms with Gasteiger partial charge in [-0.2, -0.15) is 0 Å². The number of rotatable bonds is 3. The van der Waals surface area contributed by atoms with E-state index in [0.29, 0.717) is 0 Å². The summed E-state index contributed by atoms with van der Waals surface area (Å²) in [7, 11) is 0. The summed E-state index contributed by atoms with van der Waals surface area (Å²) in [5.41, 5.74) is 0.793. The van der Waals surface area contributed by atoms with Gasteiger partial charge in [0.1, 0.15) is 0 Å². The molecule has 0 unspecified atom stereocenters. The first-order valence-electron chi connectivity index (χ1n) is 3.98. The van der Waals surface area contributed by atoms with Crippen LogP contribution in [0.3, 0.4) is 0 Å². The topological polar surface area (TPSA) is 0 Å². The molecular formula is C9H14. The van der Waals surface area contributed by atoms with Crippen LogP contribution in [0.1, 0.15) is 32.1 Å². The lowest BCUT2D eigenvalue weighted by molar-refractivity contribution is 0.446. The molecule has 0 N–H and O–H groups in total. The van der Waals surface area contributed by atoms with Crippen molar-refractivity contribution in [2.45, 2.75) is 32.1 Å². The van der Waals surface area contributed by atoms with Crippen LogP contribution in [0.4, 0.5) is 0 Å². The van der Waals surface area contributed by atoms with E-state index in [1.807, 2.05) is 0 Å². The van der Waals surface area contributed by atoms with Gasteiger partial charge in [-0.3, -0.25) is 0 Å². The van der Waals surface area contributed by atoms with E-state index < -0.39 is 0 Å². The standard InChI is InChI=1S/C9H14/c1-2-5-9(6-7-9)8-3-4-8/h2,8H,1,3-7H2. The van der Waals surface area contributed by atoms with E-state index in [0.717, 1.165) is 11.3 Å². The van der Waals surface area contributed by atoms with Crippen LogP contribution in [-0.4, -0.2) is 0 Å². The lowest BCUT2D eigenvalue weighted by Crippen LogP contribution is -1.99. The molecule has 2 saturated carbocycles. The van der Waals surface area contributed by atoms with Crippen molar-refractivity contribution in [3.63, 3.8) is 0 Å². The van der Waals surface area contributed by atoms with E-state index in [-0.39, 0.29) is 0 Å². The molecule has 0 heterocycles. The third kappa shape index (κ3) is 0.810. The van der Waals surface area contributed by atoms with Gasteiger partial charge in [-0.25, -0.2) is 0 Å². The van der Waals surface area contributed by atoms with Gasteiger partial charge in [0.05, 0.1) is 0 Å². The summed E-state index contributed by atoms with van der Waals surface area (Å²) in [5.74, 6) is 1.11. The smallest absolute Gasteiger partial charge is 0.0234 e. The summed E-state index contributed by atoms with van der Waals surface area (Å²) in [6.45, 7) is 3.80. The third-order valence-corrected chi connectivity index (χ3v) is 2.89. The Morgan fingerprint density at radius 3 is 2.44 bits per heavy atom. The zero-order chi connectivity index (χ0) is 6.32. The largest absolute Gasteiger partial charge is 0.103 e. The van der Waals surface area contributed by atoms with Crippen molar-refractivity contribution in [3.05, 3.63) is 12.7 Å². The van der Waals surface area contributed by atoms with Crippen LogP contribution in [0, 0.1) is 11.3 Å². The molecule has 50 valence electrons. The number of allylic oxidation sites excluding steroid dienone is 1. The molecule has 0 aromatic heterocycles. The number of hydrogen-bond donors (Lipinski definition) is 0. The maximum absolute atomic E-state index is 3.80. The summed E-state index contributed by atoms with van der Waals surface area (Å²) in [6, 6.07) is 0. The first kappa shape index (κ1) is 5.52. The van der Waals surface area contributed by atoms with Gasteiger partial charge in [-0.1, -0.05) is 6.08 Å². The van der Waals surface area contributed by atoms with Crippen LogP contribution in [0.15, 0.2) is 12.7 Å². The number of hydrogen-bond acceptors (Lipinski definition) is 0. The van der Waals surface area contributed by atoms with E-state index in [2.05, 4.69) is 12.7 Å². The highest BCUT2D eigenvalue weighted by Crippen LogP contribution is 2.63. The Labute approximate surface area is 57.0 Å². The third-order valence-electron chi connectivity index (χ3n) is 2.89. The van der Waals surface area contributed by atoms with Crippen molar-refractivity contribution >= 4 is 0 Å². The van der Waals surface area contributed by atoms with E-state index in [1.54, 1.807) is 0 Å². The molecule has 0 spiro atoms. The Balaban J connectivity index is 1.96. The Bertz CT molecular complexity index is 127. The Morgan fingerprint density at radius 1 is 1.44 bits per heavy atom. The van der Waals surface area contributed by atoms with Gasteiger partial charge in [0.15, 0.2) is 0 Å². The van der Waals surface area contributed by atoms with Gasteiger partial charge in [0, 0.05) is 0 Å². The molecule has 0 saturated heterocycles. The molecule has 0 aromatic carbocycles. The van der Waals surface area contributed by atoms with Crippen LogP contribution < -0.4 is 0 Å². The van der Waals surface area contributed by atoms with E-state index >= 15 is 0 Å². The van der Waals surface area contributed by atoms with Gasteiger partial charge in [-0.15, -0.1) is 6.58 Å². The first-order valence-corrected chi connectivity index (χ1v) is 3.98. The van der Waals surface area contributed by atoms with Crippen LogP contribution in [0.5, 0.6) is 0 Å². The molecule has 0 heteroatoms. The molecule has 0 amide bonds. The molecule has 0 nitrogen and oxygen atoms in total. The Kier molecular flexibility index (Phi) is 0.992. The lowest BCUT2D eigenvalue weighted by atomic mass is 9.97. The second kappa shape index (κ2) is 1.62. The second-order valence-corrected chi connectivity index (χ2v) is 3.63. The summed E-state index contributed by atoms with van der Waals surface area (Å²) in [6.07, 6.45) is 9.39. The molecular weight excluding hydrogens is 108 g/mol. The maximum atomic E-state index is 3.80. The average Bonchev–Trinajstić information content (AvgIpc) is 2.61. The fourth-order valence-corrected chi connectivity index (χ4v) is 1.92. The fourth-order valence-electron chi connectivity index (χ4n) is 1.92. The van der Waals surface area contributed by atoms with Gasteiger partial charge in [0.25, 0.3) is 0 Å². The highest BCUT2D eigenvalue weighted by Gasteiger charge is 2.52. The van der Waals surface area contributed by atoms with Crippen LogP contribution in [0.2, 0.25) is 0 Å². The van der Waals surface area contributed by atoms with E-state index in [4.69, 9.17) is 0 Å². The molecule has 2 rings (SSSR count). The fraction of sp³-hybridized carbons (Fsp3) is 0.778. The van der Waals surface area contributed by atoms with Crippen LogP contribution in [0.25, 0.3) is 0 Å². The van der Waals surface area contributed by atoms with Crippen molar-refractivity contribution in [2.75, 3.05) is 0 Å². The van der Waals surface area contributed by atoms with Crippen molar-refractivity contribution in [1.29, 1.82) is 0 Å². The molecule has 2 aliphatic rings. The van der Waals surface area contributed by atoms with Gasteiger partial charge < -0.3 is 0 Å². The van der Waals surface area contributed by atoms with Gasteiger partial charge >= 0.3 is 0 Å². The summed E-state index contributed by atoms with van der Waals surface area (Å²) in [4.78, 5) is 0. The first-order chi connectivity index (χ1) is 4.37. The summed E-state index contributed by atoms with van der Waals surface area (Å²) >= 11 is 0. The predicted molar refractivity (Wildman–Crippen MR) is 39.2 cm³/mol. The minimum Gasteiger partial charge on any atom is -0.103 e. The van der Waals surface area contributed by atoms with Gasteiger partial charge in [-0.05, 0) is 43.4 Å². The highest BCUT2D eigenvalue weighted by atomic mass is 14.6. The molecule has 0 bridgehead atoms. The monoisotopic (exact) mass is 122 g/mol. The molecule has 0 atom stereocenters. The quantitative estimate of drug-likeness (QED) is 0.505. The molecule has 2 aliphatic carbocycles. The summed E-state index contributed by atoms with van der Waals surface area (Å²) < 4.78 is 0. The van der Waals surface area contributed by atoms with Crippen molar-refractivity contribution in [1.82, 2.24) is 0 Å². The van der Waals surface area contributed by atoms with Gasteiger partial charge in [0.2, 0.25) is 0 Å². The zero-order valence-corrected chi connectivity index (χ0v) is 5.90. The van der Waals surface area contributed by atoms with E-state index in [9.17, 15) is 0 Å². The van der Waals surface area contributed by atoms with Crippen molar-refractivity contribution in [3.8, 4) is 0 Å². The zero-order valence-electron chi connectivity index (χ0n) is 5.90. The SMILES string of the molecule is C=CCC1(C2CC2)CC1. The predicted octanol–water partition coefficient (Wildman–Crippen LogP) is 2.75. The maximum Gasteiger partial charge on any atom is -0.0234 e. The molecule has 0 aliphatic heterocycles. The highest BCUT2D eigenvalue weighted by molar-refractivity contribution is 5.06. The normalized spacial score (nSPS) is 29.8. The minimum atomic E-state index is 0.793. The Hall–Kier alpha value is -0.260. The second-order valence-electron chi connectivity index (χ2n) is 3.63. The molecule has 0 radical (unpaired) electrons. The minimum absolute atomic E-state index is 0.793. The summed E-state index contributed by atoms with van der Waals surface area (Å²) in [5, 5.41) is 0. The van der Waals surface area contributed by atoms with Crippen LogP contribution in [-0.2, 0) is 0 Å². The molecule has 9 heavy (non-hydrogen) atoms. The Morgan fingerprint density at radius 2 is 2.11 bits per heavy atom. The van der Waals surface area contributed by atoms with Crippen LogP contribution >= 0.6 is 0 Å². The molecule has 2 fully saturated rings. The molecule has 0 aromatic rings. The van der Waals surface area contributed by atoms with Crippen molar-refractivity contribution < 1.29 is 0 Å². The van der Waals surface area contributed by atoms with Crippen molar-refractivity contribution in [2.24, 2.45) is 11.3 Å². The van der Waals surface area contributed by atoms with E-state index in [1.165, 1.54) is 32.1 Å².